The van der Waals surface area contributed by atoms with Crippen molar-refractivity contribution < 1.29 is 9.90 Å². The van der Waals surface area contributed by atoms with Crippen molar-refractivity contribution in [1.29, 1.82) is 0 Å². The molecule has 1 aromatic heterocycles. The van der Waals surface area contributed by atoms with Crippen LogP contribution in [0.3, 0.4) is 0 Å². The fraction of sp³-hybridized carbons (Fsp3) is 0.267. The number of carboxylic acid groups (broad SMARTS) is 1. The molecule has 0 fully saturated rings. The summed E-state index contributed by atoms with van der Waals surface area (Å²) in [5.41, 5.74) is 2.26. The second kappa shape index (κ2) is 6.90. The third kappa shape index (κ3) is 4.08. The van der Waals surface area contributed by atoms with Crippen molar-refractivity contribution in [3.63, 3.8) is 0 Å². The van der Waals surface area contributed by atoms with Crippen LogP contribution in [0.1, 0.15) is 16.9 Å². The predicted octanol–water partition coefficient (Wildman–Crippen LogP) is 4.30. The smallest absolute Gasteiger partial charge is 0.305 e. The third-order valence-electron chi connectivity index (χ3n) is 3.03. The van der Waals surface area contributed by atoms with Crippen LogP contribution < -0.4 is 4.90 Å². The largest absolute Gasteiger partial charge is 0.481 e. The minimum absolute atomic E-state index is 0.140. The van der Waals surface area contributed by atoms with Crippen LogP contribution in [-0.4, -0.2) is 17.6 Å². The number of thiophene rings is 1. The standard InChI is InChI=1S/C15H16BrNO2S/c1-11-4-2-3-5-13(11)17(9-8-15(18)19)10-12-6-7-14(16)20-12/h2-7H,8-10H2,1H3,(H,18,19). The summed E-state index contributed by atoms with van der Waals surface area (Å²) in [7, 11) is 0. The summed E-state index contributed by atoms with van der Waals surface area (Å²) in [5, 5.41) is 8.92. The monoisotopic (exact) mass is 353 g/mol. The number of aliphatic carboxylic acids is 1. The highest BCUT2D eigenvalue weighted by atomic mass is 79.9. The summed E-state index contributed by atoms with van der Waals surface area (Å²) in [6, 6.07) is 12.2. The van der Waals surface area contributed by atoms with Crippen LogP contribution in [0.2, 0.25) is 0 Å². The van der Waals surface area contributed by atoms with Crippen molar-refractivity contribution in [3.05, 3.63) is 50.6 Å². The molecule has 0 aliphatic heterocycles. The third-order valence-corrected chi connectivity index (χ3v) is 4.64. The number of hydrogen-bond acceptors (Lipinski definition) is 3. The molecule has 0 saturated carbocycles. The van der Waals surface area contributed by atoms with Crippen LogP contribution >= 0.6 is 27.3 Å². The van der Waals surface area contributed by atoms with Gasteiger partial charge in [-0.05, 0) is 46.6 Å². The number of nitrogens with zero attached hydrogens (tertiary/aromatic N) is 1. The molecule has 0 radical (unpaired) electrons. The van der Waals surface area contributed by atoms with Crippen LogP contribution in [0.5, 0.6) is 0 Å². The Labute approximate surface area is 131 Å². The quantitative estimate of drug-likeness (QED) is 0.841. The van der Waals surface area contributed by atoms with Crippen LogP contribution in [0.25, 0.3) is 0 Å². The molecule has 106 valence electrons. The number of anilines is 1. The minimum Gasteiger partial charge on any atom is -0.481 e. The predicted molar refractivity (Wildman–Crippen MR) is 86.5 cm³/mol. The molecule has 1 aromatic carbocycles. The van der Waals surface area contributed by atoms with Crippen molar-refractivity contribution >= 4 is 38.9 Å². The molecule has 1 N–H and O–H groups in total. The molecule has 0 atom stereocenters. The van der Waals surface area contributed by atoms with Crippen LogP contribution in [-0.2, 0) is 11.3 Å². The number of halogens is 1. The number of para-hydroxylation sites is 1. The molecule has 0 unspecified atom stereocenters. The Morgan fingerprint density at radius 3 is 2.65 bits per heavy atom. The van der Waals surface area contributed by atoms with E-state index in [2.05, 4.69) is 26.9 Å². The van der Waals surface area contributed by atoms with Gasteiger partial charge in [0.05, 0.1) is 16.8 Å². The fourth-order valence-electron chi connectivity index (χ4n) is 2.06. The van der Waals surface area contributed by atoms with Gasteiger partial charge in [0, 0.05) is 17.1 Å². The average Bonchev–Trinajstić information content (AvgIpc) is 2.81. The molecule has 0 amide bonds. The Morgan fingerprint density at radius 2 is 2.05 bits per heavy atom. The number of carbonyl (C=O) groups is 1. The highest BCUT2D eigenvalue weighted by Gasteiger charge is 2.12. The maximum Gasteiger partial charge on any atom is 0.305 e. The van der Waals surface area contributed by atoms with Crippen molar-refractivity contribution in [2.24, 2.45) is 0 Å². The van der Waals surface area contributed by atoms with Gasteiger partial charge in [0.25, 0.3) is 0 Å². The van der Waals surface area contributed by atoms with Gasteiger partial charge in [-0.1, -0.05) is 18.2 Å². The number of aryl methyl sites for hydroxylation is 1. The SMILES string of the molecule is Cc1ccccc1N(CCC(=O)O)Cc1ccc(Br)s1. The lowest BCUT2D eigenvalue weighted by Gasteiger charge is -2.25. The molecule has 0 bridgehead atoms. The Bertz CT molecular complexity index is 597. The summed E-state index contributed by atoms with van der Waals surface area (Å²) in [5.74, 6) is -0.768. The maximum absolute atomic E-state index is 10.8. The first-order chi connectivity index (χ1) is 9.56. The number of carboxylic acids is 1. The Morgan fingerprint density at radius 1 is 1.30 bits per heavy atom. The molecule has 0 spiro atoms. The molecule has 2 rings (SSSR count). The van der Waals surface area contributed by atoms with Gasteiger partial charge in [-0.15, -0.1) is 11.3 Å². The topological polar surface area (TPSA) is 40.5 Å². The summed E-state index contributed by atoms with van der Waals surface area (Å²) >= 11 is 5.14. The van der Waals surface area contributed by atoms with E-state index in [-0.39, 0.29) is 6.42 Å². The van der Waals surface area contributed by atoms with Gasteiger partial charge in [-0.3, -0.25) is 4.79 Å². The van der Waals surface area contributed by atoms with Gasteiger partial charge >= 0.3 is 5.97 Å². The number of benzene rings is 1. The number of hydrogen-bond donors (Lipinski definition) is 1. The Hall–Kier alpha value is -1.33. The highest BCUT2D eigenvalue weighted by Crippen LogP contribution is 2.27. The van der Waals surface area contributed by atoms with E-state index in [4.69, 9.17) is 5.11 Å². The first-order valence-electron chi connectivity index (χ1n) is 6.33. The van der Waals surface area contributed by atoms with Crippen molar-refractivity contribution in [1.82, 2.24) is 0 Å². The molecule has 2 aromatic rings. The van der Waals surface area contributed by atoms with Gasteiger partial charge in [0.2, 0.25) is 0 Å². The van der Waals surface area contributed by atoms with Crippen molar-refractivity contribution in [2.75, 3.05) is 11.4 Å². The Kier molecular flexibility index (Phi) is 5.20. The van der Waals surface area contributed by atoms with Crippen molar-refractivity contribution in [3.8, 4) is 0 Å². The fourth-order valence-corrected chi connectivity index (χ4v) is 3.56. The lowest BCUT2D eigenvalue weighted by Crippen LogP contribution is -2.25. The van der Waals surface area contributed by atoms with Gasteiger partial charge < -0.3 is 10.0 Å². The second-order valence-electron chi connectivity index (χ2n) is 4.56. The lowest BCUT2D eigenvalue weighted by atomic mass is 10.1. The molecule has 3 nitrogen and oxygen atoms in total. The average molecular weight is 354 g/mol. The van der Waals surface area contributed by atoms with Crippen LogP contribution in [0.4, 0.5) is 5.69 Å². The summed E-state index contributed by atoms with van der Waals surface area (Å²) < 4.78 is 1.09. The second-order valence-corrected chi connectivity index (χ2v) is 7.11. The lowest BCUT2D eigenvalue weighted by molar-refractivity contribution is -0.136. The summed E-state index contributed by atoms with van der Waals surface area (Å²) in [6.07, 6.45) is 0.140. The summed E-state index contributed by atoms with van der Waals surface area (Å²) in [6.45, 7) is 3.29. The molecule has 20 heavy (non-hydrogen) atoms. The molecule has 0 aliphatic carbocycles. The van der Waals surface area contributed by atoms with Gasteiger partial charge in [-0.25, -0.2) is 0 Å². The molecular weight excluding hydrogens is 338 g/mol. The Balaban J connectivity index is 2.20. The van der Waals surface area contributed by atoms with Gasteiger partial charge in [0.1, 0.15) is 0 Å². The van der Waals surface area contributed by atoms with E-state index in [1.807, 2.05) is 37.3 Å². The number of rotatable bonds is 6. The highest BCUT2D eigenvalue weighted by molar-refractivity contribution is 9.11. The first-order valence-corrected chi connectivity index (χ1v) is 7.94. The van der Waals surface area contributed by atoms with Crippen LogP contribution in [0.15, 0.2) is 40.2 Å². The van der Waals surface area contributed by atoms with E-state index >= 15 is 0 Å². The van der Waals surface area contributed by atoms with E-state index in [9.17, 15) is 4.79 Å². The molecule has 1 heterocycles. The van der Waals surface area contributed by atoms with Crippen molar-refractivity contribution in [2.45, 2.75) is 19.9 Å². The molecule has 0 saturated heterocycles. The zero-order chi connectivity index (χ0) is 14.5. The van der Waals surface area contributed by atoms with E-state index in [0.717, 1.165) is 21.6 Å². The maximum atomic E-state index is 10.8. The molecule has 0 aliphatic rings. The van der Waals surface area contributed by atoms with E-state index in [1.165, 1.54) is 4.88 Å². The minimum atomic E-state index is -0.768. The van der Waals surface area contributed by atoms with E-state index in [0.29, 0.717) is 6.54 Å². The van der Waals surface area contributed by atoms with Gasteiger partial charge in [-0.2, -0.15) is 0 Å². The van der Waals surface area contributed by atoms with E-state index < -0.39 is 5.97 Å². The van der Waals surface area contributed by atoms with E-state index in [1.54, 1.807) is 11.3 Å². The first kappa shape index (κ1) is 15.1. The van der Waals surface area contributed by atoms with Crippen LogP contribution in [0, 0.1) is 6.92 Å². The van der Waals surface area contributed by atoms with Gasteiger partial charge in [0.15, 0.2) is 0 Å². The zero-order valence-corrected chi connectivity index (χ0v) is 13.6. The molecule has 5 heteroatoms. The molecular formula is C15H16BrNO2S. The normalized spacial score (nSPS) is 10.5. The summed E-state index contributed by atoms with van der Waals surface area (Å²) in [4.78, 5) is 14.2. The zero-order valence-electron chi connectivity index (χ0n) is 11.2.